The van der Waals surface area contributed by atoms with Crippen LogP contribution in [0.1, 0.15) is 60.0 Å². The molecule has 1 aliphatic heterocycles. The fourth-order valence-corrected chi connectivity index (χ4v) is 5.01. The molecule has 1 N–H and O–H groups in total. The molecule has 0 spiro atoms. The maximum atomic E-state index is 10.6. The average Bonchev–Trinajstić information content (AvgIpc) is 2.82. The predicted molar refractivity (Wildman–Crippen MR) is 115 cm³/mol. The molecule has 0 saturated carbocycles. The van der Waals surface area contributed by atoms with Gasteiger partial charge < -0.3 is 10.0 Å². The van der Waals surface area contributed by atoms with E-state index >= 15 is 0 Å². The summed E-state index contributed by atoms with van der Waals surface area (Å²) in [5.74, 6) is 1.32. The molecule has 0 aromatic heterocycles. The molecule has 146 valence electrons. The summed E-state index contributed by atoms with van der Waals surface area (Å²) in [5.41, 5.74) is 5.50. The molecule has 4 rings (SSSR count). The molecule has 2 nitrogen and oxygen atoms in total. The molecule has 1 saturated heterocycles. The summed E-state index contributed by atoms with van der Waals surface area (Å²) in [6.07, 6.45) is 5.46. The number of benzene rings is 2. The van der Waals surface area contributed by atoms with Gasteiger partial charge in [-0.25, -0.2) is 0 Å². The lowest BCUT2D eigenvalue weighted by molar-refractivity contribution is 0.117. The minimum Gasteiger partial charge on any atom is -0.388 e. The number of aliphatic hydroxyl groups is 1. The first-order valence-electron chi connectivity index (χ1n) is 10.2. The SMILES string of the molecule is Cc1ccccc1C1CCN(C[C@H]2CCc3ccccc3[C@@H](O)C2)CC1.Cl. The Kier molecular flexibility index (Phi) is 6.97. The van der Waals surface area contributed by atoms with Crippen molar-refractivity contribution < 1.29 is 5.11 Å². The Bertz CT molecular complexity index is 739. The van der Waals surface area contributed by atoms with E-state index in [1.165, 1.54) is 43.5 Å². The predicted octanol–water partition coefficient (Wildman–Crippen LogP) is 5.28. The second-order valence-corrected chi connectivity index (χ2v) is 8.29. The third-order valence-corrected chi connectivity index (χ3v) is 6.52. The molecular weight excluding hydrogens is 354 g/mol. The van der Waals surface area contributed by atoms with Crippen LogP contribution in [0, 0.1) is 12.8 Å². The van der Waals surface area contributed by atoms with Crippen LogP contribution in [-0.2, 0) is 6.42 Å². The first-order valence-corrected chi connectivity index (χ1v) is 10.2. The second kappa shape index (κ2) is 9.23. The summed E-state index contributed by atoms with van der Waals surface area (Å²) in [7, 11) is 0. The van der Waals surface area contributed by atoms with Crippen LogP contribution in [0.25, 0.3) is 0 Å². The molecule has 2 aromatic rings. The molecule has 0 unspecified atom stereocenters. The van der Waals surface area contributed by atoms with Crippen LogP contribution >= 0.6 is 12.4 Å². The Morgan fingerprint density at radius 2 is 1.59 bits per heavy atom. The molecule has 1 heterocycles. The van der Waals surface area contributed by atoms with Crippen molar-refractivity contribution in [2.24, 2.45) is 5.92 Å². The fourth-order valence-electron chi connectivity index (χ4n) is 5.01. The zero-order valence-corrected chi connectivity index (χ0v) is 17.1. The van der Waals surface area contributed by atoms with Gasteiger partial charge in [0, 0.05) is 6.54 Å². The zero-order valence-electron chi connectivity index (χ0n) is 16.3. The van der Waals surface area contributed by atoms with Gasteiger partial charge in [0.15, 0.2) is 0 Å². The number of hydrogen-bond acceptors (Lipinski definition) is 2. The van der Waals surface area contributed by atoms with Gasteiger partial charge in [-0.05, 0) is 86.2 Å². The molecule has 0 radical (unpaired) electrons. The van der Waals surface area contributed by atoms with Crippen LogP contribution in [0.4, 0.5) is 0 Å². The van der Waals surface area contributed by atoms with Gasteiger partial charge in [0.2, 0.25) is 0 Å². The Hall–Kier alpha value is -1.35. The van der Waals surface area contributed by atoms with E-state index in [9.17, 15) is 5.11 Å². The van der Waals surface area contributed by atoms with Gasteiger partial charge in [0.1, 0.15) is 0 Å². The number of aryl methyl sites for hydroxylation is 2. The van der Waals surface area contributed by atoms with E-state index in [1.54, 1.807) is 5.56 Å². The van der Waals surface area contributed by atoms with E-state index in [1.807, 2.05) is 0 Å². The van der Waals surface area contributed by atoms with Gasteiger partial charge in [-0.3, -0.25) is 0 Å². The van der Waals surface area contributed by atoms with E-state index in [0.717, 1.165) is 30.9 Å². The number of aliphatic hydroxyl groups excluding tert-OH is 1. The lowest BCUT2D eigenvalue weighted by Crippen LogP contribution is -2.37. The van der Waals surface area contributed by atoms with E-state index in [0.29, 0.717) is 5.92 Å². The lowest BCUT2D eigenvalue weighted by atomic mass is 9.86. The van der Waals surface area contributed by atoms with Gasteiger partial charge >= 0.3 is 0 Å². The van der Waals surface area contributed by atoms with Crippen LogP contribution < -0.4 is 0 Å². The first kappa shape index (κ1) is 20.4. The largest absolute Gasteiger partial charge is 0.388 e. The third kappa shape index (κ3) is 4.74. The Labute approximate surface area is 170 Å². The number of likely N-dealkylation sites (tertiary alicyclic amines) is 1. The highest BCUT2D eigenvalue weighted by Crippen LogP contribution is 2.34. The molecule has 1 aliphatic carbocycles. The summed E-state index contributed by atoms with van der Waals surface area (Å²) in [5, 5.41) is 10.6. The Morgan fingerprint density at radius 3 is 2.33 bits per heavy atom. The van der Waals surface area contributed by atoms with Gasteiger partial charge in [0.25, 0.3) is 0 Å². The van der Waals surface area contributed by atoms with E-state index in [4.69, 9.17) is 0 Å². The van der Waals surface area contributed by atoms with Crippen LogP contribution in [0.2, 0.25) is 0 Å². The molecule has 1 fully saturated rings. The van der Waals surface area contributed by atoms with Gasteiger partial charge in [-0.1, -0.05) is 48.5 Å². The topological polar surface area (TPSA) is 23.5 Å². The zero-order chi connectivity index (χ0) is 17.9. The molecule has 3 heteroatoms. The molecule has 2 atom stereocenters. The smallest absolute Gasteiger partial charge is 0.0795 e. The number of rotatable bonds is 3. The van der Waals surface area contributed by atoms with Crippen LogP contribution in [-0.4, -0.2) is 29.6 Å². The van der Waals surface area contributed by atoms with Crippen molar-refractivity contribution in [3.05, 3.63) is 70.8 Å². The van der Waals surface area contributed by atoms with Crippen molar-refractivity contribution in [2.75, 3.05) is 19.6 Å². The summed E-state index contributed by atoms with van der Waals surface area (Å²) < 4.78 is 0. The summed E-state index contributed by atoms with van der Waals surface area (Å²) in [6.45, 7) is 5.77. The Balaban J connectivity index is 0.00000210. The van der Waals surface area contributed by atoms with Crippen molar-refractivity contribution in [3.63, 3.8) is 0 Å². The number of piperidine rings is 1. The molecule has 2 aliphatic rings. The van der Waals surface area contributed by atoms with E-state index in [2.05, 4.69) is 60.4 Å². The number of halogens is 1. The quantitative estimate of drug-likeness (QED) is 0.726. The monoisotopic (exact) mass is 385 g/mol. The highest BCUT2D eigenvalue weighted by molar-refractivity contribution is 5.85. The first-order chi connectivity index (χ1) is 12.7. The van der Waals surface area contributed by atoms with Gasteiger partial charge in [0.05, 0.1) is 6.10 Å². The van der Waals surface area contributed by atoms with Crippen LogP contribution in [0.3, 0.4) is 0 Å². The summed E-state index contributed by atoms with van der Waals surface area (Å²) >= 11 is 0. The van der Waals surface area contributed by atoms with Crippen molar-refractivity contribution in [1.82, 2.24) is 4.90 Å². The molecule has 27 heavy (non-hydrogen) atoms. The van der Waals surface area contributed by atoms with Crippen molar-refractivity contribution in [1.29, 1.82) is 0 Å². The normalized spacial score (nSPS) is 23.9. The minimum absolute atomic E-state index is 0. The summed E-state index contributed by atoms with van der Waals surface area (Å²) in [4.78, 5) is 2.64. The Morgan fingerprint density at radius 1 is 0.926 bits per heavy atom. The van der Waals surface area contributed by atoms with Gasteiger partial charge in [-0.2, -0.15) is 0 Å². The maximum Gasteiger partial charge on any atom is 0.0795 e. The number of fused-ring (bicyclic) bond motifs is 1. The minimum atomic E-state index is -0.289. The fraction of sp³-hybridized carbons (Fsp3) is 0.500. The van der Waals surface area contributed by atoms with Gasteiger partial charge in [-0.15, -0.1) is 12.4 Å². The molecular formula is C24H32ClNO. The van der Waals surface area contributed by atoms with Crippen LogP contribution in [0.15, 0.2) is 48.5 Å². The second-order valence-electron chi connectivity index (χ2n) is 8.29. The summed E-state index contributed by atoms with van der Waals surface area (Å²) in [6, 6.07) is 17.3. The highest BCUT2D eigenvalue weighted by atomic mass is 35.5. The molecule has 2 aromatic carbocycles. The molecule has 0 amide bonds. The lowest BCUT2D eigenvalue weighted by Gasteiger charge is -2.35. The third-order valence-electron chi connectivity index (χ3n) is 6.52. The van der Waals surface area contributed by atoms with E-state index < -0.39 is 0 Å². The molecule has 0 bridgehead atoms. The standard InChI is InChI=1S/C24H31NO.ClH/c1-18-6-2-4-8-22(18)21-12-14-25(15-13-21)17-19-10-11-20-7-3-5-9-23(20)24(26)16-19;/h2-9,19,21,24,26H,10-17H2,1H3;1H/t19-,24-;/m0./s1. The van der Waals surface area contributed by atoms with Crippen molar-refractivity contribution >= 4 is 12.4 Å². The average molecular weight is 386 g/mol. The maximum absolute atomic E-state index is 10.6. The van der Waals surface area contributed by atoms with Crippen molar-refractivity contribution in [3.8, 4) is 0 Å². The van der Waals surface area contributed by atoms with E-state index in [-0.39, 0.29) is 18.5 Å². The highest BCUT2D eigenvalue weighted by Gasteiger charge is 2.27. The number of hydrogen-bond donors (Lipinski definition) is 1. The number of nitrogens with zero attached hydrogens (tertiary/aromatic N) is 1. The van der Waals surface area contributed by atoms with Crippen molar-refractivity contribution in [2.45, 2.75) is 51.0 Å². The van der Waals surface area contributed by atoms with Crippen LogP contribution in [0.5, 0.6) is 0 Å².